The number of benzene rings is 1. The zero-order chi connectivity index (χ0) is 12.3. The van der Waals surface area contributed by atoms with Crippen molar-refractivity contribution in [2.24, 2.45) is 0 Å². The zero-order valence-corrected chi connectivity index (χ0v) is 9.60. The SMILES string of the molecule is O=C(O)N1CCC[C@@H]1CCc1cccc(F)c1. The molecule has 0 radical (unpaired) electrons. The number of carbonyl (C=O) groups is 1. The van der Waals surface area contributed by atoms with Crippen molar-refractivity contribution in [1.29, 1.82) is 0 Å². The Kier molecular flexibility index (Phi) is 3.61. The molecule has 1 aromatic carbocycles. The fourth-order valence-corrected chi connectivity index (χ4v) is 2.41. The van der Waals surface area contributed by atoms with Crippen LogP contribution in [0.3, 0.4) is 0 Å². The Morgan fingerprint density at radius 1 is 1.53 bits per heavy atom. The molecule has 1 amide bonds. The first-order valence-electron chi connectivity index (χ1n) is 5.91. The Morgan fingerprint density at radius 2 is 2.35 bits per heavy atom. The molecule has 17 heavy (non-hydrogen) atoms. The summed E-state index contributed by atoms with van der Waals surface area (Å²) >= 11 is 0. The van der Waals surface area contributed by atoms with Crippen LogP contribution in [-0.2, 0) is 6.42 Å². The summed E-state index contributed by atoms with van der Waals surface area (Å²) in [5.41, 5.74) is 0.933. The number of hydrogen-bond donors (Lipinski definition) is 1. The molecule has 1 fully saturated rings. The molecule has 2 rings (SSSR count). The minimum Gasteiger partial charge on any atom is -0.465 e. The van der Waals surface area contributed by atoms with Gasteiger partial charge in [0.15, 0.2) is 0 Å². The van der Waals surface area contributed by atoms with E-state index in [0.717, 1.165) is 31.2 Å². The van der Waals surface area contributed by atoms with Gasteiger partial charge >= 0.3 is 6.09 Å². The highest BCUT2D eigenvalue weighted by molar-refractivity contribution is 5.65. The van der Waals surface area contributed by atoms with Crippen LogP contribution >= 0.6 is 0 Å². The Morgan fingerprint density at radius 3 is 3.06 bits per heavy atom. The van der Waals surface area contributed by atoms with Crippen LogP contribution in [0.25, 0.3) is 0 Å². The Labute approximate surface area is 99.9 Å². The summed E-state index contributed by atoms with van der Waals surface area (Å²) in [4.78, 5) is 12.4. The highest BCUT2D eigenvalue weighted by atomic mass is 19.1. The Hall–Kier alpha value is -1.58. The number of aryl methyl sites for hydroxylation is 1. The van der Waals surface area contributed by atoms with Crippen molar-refractivity contribution >= 4 is 6.09 Å². The van der Waals surface area contributed by atoms with E-state index in [4.69, 9.17) is 5.11 Å². The van der Waals surface area contributed by atoms with Gasteiger partial charge in [-0.3, -0.25) is 0 Å². The van der Waals surface area contributed by atoms with Crippen LogP contribution in [-0.4, -0.2) is 28.7 Å². The second-order valence-electron chi connectivity index (χ2n) is 4.44. The van der Waals surface area contributed by atoms with E-state index in [9.17, 15) is 9.18 Å². The number of nitrogens with zero attached hydrogens (tertiary/aromatic N) is 1. The van der Waals surface area contributed by atoms with E-state index in [2.05, 4.69) is 0 Å². The molecular formula is C13H16FNO2. The first-order valence-corrected chi connectivity index (χ1v) is 5.91. The van der Waals surface area contributed by atoms with Gasteiger partial charge in [-0.1, -0.05) is 12.1 Å². The first-order chi connectivity index (χ1) is 8.16. The average Bonchev–Trinajstić information content (AvgIpc) is 2.74. The number of carboxylic acid groups (broad SMARTS) is 1. The van der Waals surface area contributed by atoms with E-state index in [1.54, 1.807) is 6.07 Å². The minimum absolute atomic E-state index is 0.0933. The number of halogens is 1. The predicted molar refractivity (Wildman–Crippen MR) is 62.5 cm³/mol. The van der Waals surface area contributed by atoms with Crippen LogP contribution in [0.4, 0.5) is 9.18 Å². The predicted octanol–water partition coefficient (Wildman–Crippen LogP) is 2.90. The van der Waals surface area contributed by atoms with E-state index >= 15 is 0 Å². The van der Waals surface area contributed by atoms with Gasteiger partial charge in [0.2, 0.25) is 0 Å². The number of rotatable bonds is 3. The van der Waals surface area contributed by atoms with Gasteiger partial charge in [-0.15, -0.1) is 0 Å². The lowest BCUT2D eigenvalue weighted by atomic mass is 10.0. The summed E-state index contributed by atoms with van der Waals surface area (Å²) in [6.45, 7) is 0.628. The normalized spacial score (nSPS) is 19.6. The zero-order valence-electron chi connectivity index (χ0n) is 9.60. The molecule has 1 atom stereocenters. The molecule has 1 aromatic rings. The number of hydrogen-bond acceptors (Lipinski definition) is 1. The van der Waals surface area contributed by atoms with Crippen LogP contribution in [0.1, 0.15) is 24.8 Å². The van der Waals surface area contributed by atoms with Gasteiger partial charge in [0, 0.05) is 12.6 Å². The topological polar surface area (TPSA) is 40.5 Å². The lowest BCUT2D eigenvalue weighted by Crippen LogP contribution is -2.34. The van der Waals surface area contributed by atoms with Gasteiger partial charge < -0.3 is 10.0 Å². The molecule has 1 aliphatic rings. The van der Waals surface area contributed by atoms with E-state index in [-0.39, 0.29) is 11.9 Å². The second kappa shape index (κ2) is 5.17. The van der Waals surface area contributed by atoms with Crippen molar-refractivity contribution < 1.29 is 14.3 Å². The van der Waals surface area contributed by atoms with Crippen molar-refractivity contribution in [3.63, 3.8) is 0 Å². The first kappa shape index (κ1) is 11.9. The molecule has 1 N–H and O–H groups in total. The van der Waals surface area contributed by atoms with Crippen molar-refractivity contribution in [3.8, 4) is 0 Å². The monoisotopic (exact) mass is 237 g/mol. The van der Waals surface area contributed by atoms with Crippen molar-refractivity contribution in [3.05, 3.63) is 35.6 Å². The van der Waals surface area contributed by atoms with Gasteiger partial charge in [0.1, 0.15) is 5.82 Å². The van der Waals surface area contributed by atoms with Gasteiger partial charge in [0.25, 0.3) is 0 Å². The molecule has 92 valence electrons. The van der Waals surface area contributed by atoms with Crippen LogP contribution in [0.2, 0.25) is 0 Å². The minimum atomic E-state index is -0.841. The summed E-state index contributed by atoms with van der Waals surface area (Å²) in [5.74, 6) is -0.232. The lowest BCUT2D eigenvalue weighted by molar-refractivity contribution is 0.138. The van der Waals surface area contributed by atoms with E-state index in [1.165, 1.54) is 17.0 Å². The summed E-state index contributed by atoms with van der Waals surface area (Å²) in [5, 5.41) is 8.99. The molecule has 0 unspecified atom stereocenters. The standard InChI is InChI=1S/C13H16FNO2/c14-11-4-1-3-10(9-11)6-7-12-5-2-8-15(12)13(16)17/h1,3-4,9,12H,2,5-8H2,(H,16,17)/t12-/m1/s1. The molecule has 1 heterocycles. The van der Waals surface area contributed by atoms with Gasteiger partial charge in [0.05, 0.1) is 0 Å². The molecule has 0 saturated carbocycles. The number of amides is 1. The summed E-state index contributed by atoms with van der Waals surface area (Å²) in [6, 6.07) is 6.59. The smallest absolute Gasteiger partial charge is 0.407 e. The van der Waals surface area contributed by atoms with Gasteiger partial charge in [-0.25, -0.2) is 9.18 Å². The number of likely N-dealkylation sites (tertiary alicyclic amines) is 1. The molecule has 1 aliphatic heterocycles. The third-order valence-electron chi connectivity index (χ3n) is 3.28. The summed E-state index contributed by atoms with van der Waals surface area (Å²) in [7, 11) is 0. The molecular weight excluding hydrogens is 221 g/mol. The maximum absolute atomic E-state index is 13.0. The fourth-order valence-electron chi connectivity index (χ4n) is 2.41. The van der Waals surface area contributed by atoms with Crippen LogP contribution < -0.4 is 0 Å². The molecule has 1 saturated heterocycles. The Bertz CT molecular complexity index is 408. The van der Waals surface area contributed by atoms with Crippen LogP contribution in [0.5, 0.6) is 0 Å². The molecule has 4 heteroatoms. The molecule has 0 aliphatic carbocycles. The molecule has 0 aromatic heterocycles. The third-order valence-corrected chi connectivity index (χ3v) is 3.28. The maximum atomic E-state index is 13.0. The highest BCUT2D eigenvalue weighted by Gasteiger charge is 2.27. The van der Waals surface area contributed by atoms with Crippen LogP contribution in [0, 0.1) is 5.82 Å². The summed E-state index contributed by atoms with van der Waals surface area (Å²) < 4.78 is 13.0. The summed E-state index contributed by atoms with van der Waals surface area (Å²) in [6.07, 6.45) is 2.51. The van der Waals surface area contributed by atoms with Gasteiger partial charge in [-0.2, -0.15) is 0 Å². The van der Waals surface area contributed by atoms with E-state index < -0.39 is 6.09 Å². The third kappa shape index (κ3) is 2.96. The average molecular weight is 237 g/mol. The molecule has 0 bridgehead atoms. The van der Waals surface area contributed by atoms with Crippen LogP contribution in [0.15, 0.2) is 24.3 Å². The van der Waals surface area contributed by atoms with Crippen molar-refractivity contribution in [1.82, 2.24) is 4.90 Å². The fraction of sp³-hybridized carbons (Fsp3) is 0.462. The van der Waals surface area contributed by atoms with Gasteiger partial charge in [-0.05, 0) is 43.4 Å². The molecule has 3 nitrogen and oxygen atoms in total. The highest BCUT2D eigenvalue weighted by Crippen LogP contribution is 2.21. The van der Waals surface area contributed by atoms with Crippen molar-refractivity contribution in [2.75, 3.05) is 6.54 Å². The second-order valence-corrected chi connectivity index (χ2v) is 4.44. The van der Waals surface area contributed by atoms with E-state index in [1.807, 2.05) is 6.07 Å². The molecule has 0 spiro atoms. The quantitative estimate of drug-likeness (QED) is 0.878. The van der Waals surface area contributed by atoms with Crippen molar-refractivity contribution in [2.45, 2.75) is 31.7 Å². The lowest BCUT2D eigenvalue weighted by Gasteiger charge is -2.21. The largest absolute Gasteiger partial charge is 0.465 e. The van der Waals surface area contributed by atoms with E-state index in [0.29, 0.717) is 6.54 Å². The Balaban J connectivity index is 1.91. The maximum Gasteiger partial charge on any atom is 0.407 e.